The minimum atomic E-state index is 0.0377. The molecular weight excluding hydrogens is 328 g/mol. The minimum Gasteiger partial charge on any atom is -0.492 e. The van der Waals surface area contributed by atoms with Crippen molar-refractivity contribution in [2.75, 3.05) is 11.9 Å². The van der Waals surface area contributed by atoms with Gasteiger partial charge in [-0.2, -0.15) is 0 Å². The summed E-state index contributed by atoms with van der Waals surface area (Å²) >= 11 is 3.54. The van der Waals surface area contributed by atoms with Crippen LogP contribution < -0.4 is 4.74 Å². The lowest BCUT2D eigenvalue weighted by Gasteiger charge is -2.20. The number of halogens is 1. The molecule has 2 nitrogen and oxygen atoms in total. The first-order valence-electron chi connectivity index (χ1n) is 7.26. The van der Waals surface area contributed by atoms with E-state index in [9.17, 15) is 4.79 Å². The van der Waals surface area contributed by atoms with E-state index in [1.165, 1.54) is 0 Å². The molecule has 0 spiro atoms. The van der Waals surface area contributed by atoms with Crippen LogP contribution in [0, 0.1) is 11.8 Å². The Kier molecular flexibility index (Phi) is 5.40. The Morgan fingerprint density at radius 3 is 2.52 bits per heavy atom. The van der Waals surface area contributed by atoms with Gasteiger partial charge < -0.3 is 4.74 Å². The van der Waals surface area contributed by atoms with E-state index in [0.29, 0.717) is 29.8 Å². The van der Waals surface area contributed by atoms with E-state index in [2.05, 4.69) is 29.8 Å². The van der Waals surface area contributed by atoms with Crippen molar-refractivity contribution in [3.05, 3.63) is 42.0 Å². The maximum atomic E-state index is 11.9. The molecule has 3 heteroatoms. The highest BCUT2D eigenvalue weighted by atomic mass is 79.9. The number of alkyl halides is 1. The van der Waals surface area contributed by atoms with Gasteiger partial charge in [-0.3, -0.25) is 4.79 Å². The number of carbonyl (C=O) groups excluding carboxylic acids is 1. The van der Waals surface area contributed by atoms with E-state index >= 15 is 0 Å². The van der Waals surface area contributed by atoms with Gasteiger partial charge in [-0.15, -0.1) is 0 Å². The Bertz CT molecular complexity index is 634. The number of carbonyl (C=O) groups is 1. The monoisotopic (exact) mass is 348 g/mol. The number of ketones is 1. The zero-order chi connectivity index (χ0) is 15.4. The molecular formula is C18H21BrO2. The van der Waals surface area contributed by atoms with Gasteiger partial charge in [0.1, 0.15) is 5.75 Å². The lowest BCUT2D eigenvalue weighted by Crippen LogP contribution is -2.20. The average molecular weight is 349 g/mol. The zero-order valence-electron chi connectivity index (χ0n) is 12.7. The maximum Gasteiger partial charge on any atom is 0.163 e. The Morgan fingerprint density at radius 1 is 1.19 bits per heavy atom. The highest BCUT2D eigenvalue weighted by molar-refractivity contribution is 9.09. The molecule has 0 bridgehead atoms. The standard InChI is InChI=1S/C18H21BrO2/c1-12(2)15(10-19)11-21-18-16(13(3)20)9-8-14-6-4-5-7-17(14)18/h4-9,12,15H,10-11H2,1-3H3. The first-order valence-corrected chi connectivity index (χ1v) is 8.38. The van der Waals surface area contributed by atoms with E-state index in [4.69, 9.17) is 4.74 Å². The molecule has 2 aromatic carbocycles. The molecule has 21 heavy (non-hydrogen) atoms. The topological polar surface area (TPSA) is 26.3 Å². The van der Waals surface area contributed by atoms with E-state index < -0.39 is 0 Å². The van der Waals surface area contributed by atoms with E-state index in [1.807, 2.05) is 36.4 Å². The zero-order valence-corrected chi connectivity index (χ0v) is 14.3. The SMILES string of the molecule is CC(=O)c1ccc2ccccc2c1OCC(CBr)C(C)C. The number of benzene rings is 2. The van der Waals surface area contributed by atoms with Crippen LogP contribution in [-0.2, 0) is 0 Å². The molecule has 0 aliphatic carbocycles. The van der Waals surface area contributed by atoms with Crippen LogP contribution in [0.3, 0.4) is 0 Å². The molecule has 2 aromatic rings. The molecule has 0 fully saturated rings. The fourth-order valence-electron chi connectivity index (χ4n) is 2.28. The average Bonchev–Trinajstić information content (AvgIpc) is 2.47. The molecule has 0 aliphatic heterocycles. The van der Waals surface area contributed by atoms with Crippen molar-refractivity contribution in [2.45, 2.75) is 20.8 Å². The molecule has 0 saturated carbocycles. The van der Waals surface area contributed by atoms with Crippen molar-refractivity contribution in [2.24, 2.45) is 11.8 Å². The first kappa shape index (κ1) is 16.0. The molecule has 0 aromatic heterocycles. The van der Waals surface area contributed by atoms with Crippen molar-refractivity contribution >= 4 is 32.5 Å². The Morgan fingerprint density at radius 2 is 1.90 bits per heavy atom. The third kappa shape index (κ3) is 3.65. The lowest BCUT2D eigenvalue weighted by atomic mass is 9.99. The van der Waals surface area contributed by atoms with Gasteiger partial charge in [-0.05, 0) is 24.3 Å². The number of hydrogen-bond donors (Lipinski definition) is 0. The van der Waals surface area contributed by atoms with Crippen molar-refractivity contribution in [3.8, 4) is 5.75 Å². The van der Waals surface area contributed by atoms with Gasteiger partial charge in [0.2, 0.25) is 0 Å². The quantitative estimate of drug-likeness (QED) is 0.536. The number of Topliss-reactive ketones (excluding diaryl/α,β-unsaturated/α-hetero) is 1. The van der Waals surface area contributed by atoms with Crippen molar-refractivity contribution in [3.63, 3.8) is 0 Å². The molecule has 0 aliphatic rings. The summed E-state index contributed by atoms with van der Waals surface area (Å²) in [5, 5.41) is 2.99. The largest absolute Gasteiger partial charge is 0.492 e. The number of rotatable bonds is 6. The molecule has 1 unspecified atom stereocenters. The van der Waals surface area contributed by atoms with Crippen molar-refractivity contribution < 1.29 is 9.53 Å². The summed E-state index contributed by atoms with van der Waals surface area (Å²) in [6, 6.07) is 11.9. The van der Waals surface area contributed by atoms with Crippen LogP contribution in [0.1, 0.15) is 31.1 Å². The first-order chi connectivity index (χ1) is 10.0. The van der Waals surface area contributed by atoms with Crippen LogP contribution in [0.5, 0.6) is 5.75 Å². The predicted molar refractivity (Wildman–Crippen MR) is 91.6 cm³/mol. The summed E-state index contributed by atoms with van der Waals surface area (Å²) < 4.78 is 6.08. The molecule has 0 amide bonds. The Balaban J connectivity index is 2.40. The van der Waals surface area contributed by atoms with Gasteiger partial charge >= 0.3 is 0 Å². The predicted octanol–water partition coefficient (Wildman–Crippen LogP) is 5.09. The maximum absolute atomic E-state index is 11.9. The fraction of sp³-hybridized carbons (Fsp3) is 0.389. The van der Waals surface area contributed by atoms with Crippen molar-refractivity contribution in [1.82, 2.24) is 0 Å². The lowest BCUT2D eigenvalue weighted by molar-refractivity contribution is 0.101. The minimum absolute atomic E-state index is 0.0377. The molecule has 0 saturated heterocycles. The fourth-order valence-corrected chi connectivity index (χ4v) is 3.22. The van der Waals surface area contributed by atoms with Crippen LogP contribution in [0.2, 0.25) is 0 Å². The summed E-state index contributed by atoms with van der Waals surface area (Å²) in [7, 11) is 0. The molecule has 0 radical (unpaired) electrons. The molecule has 112 valence electrons. The highest BCUT2D eigenvalue weighted by Gasteiger charge is 2.17. The van der Waals surface area contributed by atoms with E-state index in [1.54, 1.807) is 6.92 Å². The molecule has 0 heterocycles. The van der Waals surface area contributed by atoms with Gasteiger partial charge in [-0.25, -0.2) is 0 Å². The van der Waals surface area contributed by atoms with Crippen LogP contribution in [0.4, 0.5) is 0 Å². The van der Waals surface area contributed by atoms with E-state index in [0.717, 1.165) is 16.1 Å². The third-order valence-electron chi connectivity index (χ3n) is 3.84. The van der Waals surface area contributed by atoms with Gasteiger partial charge in [0, 0.05) is 16.6 Å². The van der Waals surface area contributed by atoms with Crippen LogP contribution >= 0.6 is 15.9 Å². The van der Waals surface area contributed by atoms with Crippen LogP contribution in [-0.4, -0.2) is 17.7 Å². The smallest absolute Gasteiger partial charge is 0.163 e. The molecule has 1 atom stereocenters. The second-order valence-corrected chi connectivity index (χ2v) is 6.34. The van der Waals surface area contributed by atoms with Gasteiger partial charge in [0.15, 0.2) is 5.78 Å². The second kappa shape index (κ2) is 7.08. The molecule has 2 rings (SSSR count). The Hall–Kier alpha value is -1.35. The number of fused-ring (bicyclic) bond motifs is 1. The van der Waals surface area contributed by atoms with Gasteiger partial charge in [0.05, 0.1) is 12.2 Å². The second-order valence-electron chi connectivity index (χ2n) is 5.69. The van der Waals surface area contributed by atoms with Crippen molar-refractivity contribution in [1.29, 1.82) is 0 Å². The number of hydrogen-bond acceptors (Lipinski definition) is 2. The van der Waals surface area contributed by atoms with E-state index in [-0.39, 0.29) is 5.78 Å². The summed E-state index contributed by atoms with van der Waals surface area (Å²) in [6.07, 6.45) is 0. The highest BCUT2D eigenvalue weighted by Crippen LogP contribution is 2.31. The van der Waals surface area contributed by atoms with Crippen LogP contribution in [0.15, 0.2) is 36.4 Å². The number of ether oxygens (including phenoxy) is 1. The normalized spacial score (nSPS) is 12.6. The third-order valence-corrected chi connectivity index (χ3v) is 4.67. The molecule has 0 N–H and O–H groups in total. The van der Waals surface area contributed by atoms with Gasteiger partial charge in [-0.1, -0.05) is 60.1 Å². The summed E-state index contributed by atoms with van der Waals surface area (Å²) in [6.45, 7) is 6.56. The van der Waals surface area contributed by atoms with Gasteiger partial charge in [0.25, 0.3) is 0 Å². The summed E-state index contributed by atoms with van der Waals surface area (Å²) in [5.74, 6) is 1.70. The Labute approximate surface area is 134 Å². The van der Waals surface area contributed by atoms with Crippen LogP contribution in [0.25, 0.3) is 10.8 Å². The summed E-state index contributed by atoms with van der Waals surface area (Å²) in [4.78, 5) is 11.9. The summed E-state index contributed by atoms with van der Waals surface area (Å²) in [5.41, 5.74) is 0.658.